The lowest BCUT2D eigenvalue weighted by molar-refractivity contribution is -0.117. The lowest BCUT2D eigenvalue weighted by atomic mass is 10.2. The van der Waals surface area contributed by atoms with E-state index >= 15 is 0 Å². The van der Waals surface area contributed by atoms with Gasteiger partial charge < -0.3 is 16.0 Å². The average molecular weight is 507 g/mol. The molecule has 1 aliphatic rings. The van der Waals surface area contributed by atoms with Crippen LogP contribution in [0.4, 0.5) is 0 Å². The van der Waals surface area contributed by atoms with E-state index in [4.69, 9.17) is 13.1 Å². The smallest absolute Gasteiger partial charge is 0.273 e. The second-order valence-electron chi connectivity index (χ2n) is 8.28. The third-order valence-electron chi connectivity index (χ3n) is 4.68. The summed E-state index contributed by atoms with van der Waals surface area (Å²) >= 11 is 0. The van der Waals surface area contributed by atoms with Gasteiger partial charge in [-0.05, 0) is 50.9 Å². The van der Waals surface area contributed by atoms with Gasteiger partial charge in [0.15, 0.2) is 0 Å². The van der Waals surface area contributed by atoms with E-state index in [0.29, 0.717) is 13.1 Å². The number of piperidine rings is 1. The highest BCUT2D eigenvalue weighted by Crippen LogP contribution is 2.00. The molecule has 1 fully saturated rings. The minimum absolute atomic E-state index is 0.0521. The number of benzene rings is 2. The first-order chi connectivity index (χ1) is 18.0. The molecule has 0 aliphatic carbocycles. The molecule has 0 aromatic heterocycles. The van der Waals surface area contributed by atoms with Crippen molar-refractivity contribution in [3.8, 4) is 0 Å². The minimum Gasteiger partial charge on any atom is -0.317 e. The van der Waals surface area contributed by atoms with Gasteiger partial charge >= 0.3 is 0 Å². The Balaban J connectivity index is 0.000000506. The Morgan fingerprint density at radius 3 is 1.43 bits per heavy atom. The minimum atomic E-state index is 0.0521. The van der Waals surface area contributed by atoms with Crippen molar-refractivity contribution in [3.05, 3.63) is 94.6 Å². The first-order valence-electron chi connectivity index (χ1n) is 12.6. The average Bonchev–Trinajstić information content (AvgIpc) is 2.92. The van der Waals surface area contributed by atoms with E-state index in [2.05, 4.69) is 79.5 Å². The lowest BCUT2D eigenvalue weighted by Crippen LogP contribution is -2.25. The van der Waals surface area contributed by atoms with E-state index in [1.54, 1.807) is 0 Å². The SMILES string of the molecule is C1CCNCC1.CC(=O)CNCC(C)=O.[C-]#[N+]CNC[N+]#[C-].c1ccc(CNCc2ccccc2)cc1. The van der Waals surface area contributed by atoms with E-state index < -0.39 is 0 Å². The van der Waals surface area contributed by atoms with Crippen molar-refractivity contribution in [1.82, 2.24) is 21.3 Å². The molecule has 3 rings (SSSR count). The van der Waals surface area contributed by atoms with Crippen LogP contribution >= 0.6 is 0 Å². The van der Waals surface area contributed by atoms with Crippen LogP contribution in [-0.4, -0.2) is 51.1 Å². The van der Waals surface area contributed by atoms with Crippen LogP contribution in [0.5, 0.6) is 0 Å². The van der Waals surface area contributed by atoms with E-state index in [1.165, 1.54) is 57.3 Å². The third-order valence-corrected chi connectivity index (χ3v) is 4.68. The summed E-state index contributed by atoms with van der Waals surface area (Å²) in [7, 11) is 0. The van der Waals surface area contributed by atoms with Crippen molar-refractivity contribution in [1.29, 1.82) is 0 Å². The number of Topliss-reactive ketones (excluding diaryl/α,β-unsaturated/α-hetero) is 2. The van der Waals surface area contributed by atoms with Crippen LogP contribution in [0.2, 0.25) is 0 Å². The summed E-state index contributed by atoms with van der Waals surface area (Å²) in [5, 5.41) is 12.0. The molecule has 4 N–H and O–H groups in total. The fraction of sp³-hybridized carbons (Fsp3) is 0.448. The molecule has 2 aromatic rings. The van der Waals surface area contributed by atoms with Crippen LogP contribution in [0.1, 0.15) is 44.2 Å². The van der Waals surface area contributed by atoms with Crippen molar-refractivity contribution in [3.63, 3.8) is 0 Å². The van der Waals surface area contributed by atoms with Gasteiger partial charge in [-0.2, -0.15) is 5.32 Å². The topological polar surface area (TPSA) is 91.0 Å². The highest BCUT2D eigenvalue weighted by molar-refractivity contribution is 5.80. The highest BCUT2D eigenvalue weighted by atomic mass is 16.1. The maximum absolute atomic E-state index is 10.3. The molecular weight excluding hydrogens is 464 g/mol. The largest absolute Gasteiger partial charge is 0.317 e. The summed E-state index contributed by atoms with van der Waals surface area (Å²) in [4.78, 5) is 26.4. The number of ketones is 2. The zero-order chi connectivity index (χ0) is 27.4. The number of carbonyl (C=O) groups is 2. The van der Waals surface area contributed by atoms with Gasteiger partial charge in [0.25, 0.3) is 13.3 Å². The van der Waals surface area contributed by atoms with Gasteiger partial charge in [-0.25, -0.2) is 13.1 Å². The Bertz CT molecular complexity index is 824. The second kappa shape index (κ2) is 25.7. The van der Waals surface area contributed by atoms with Crippen molar-refractivity contribution in [2.45, 2.75) is 46.2 Å². The van der Waals surface area contributed by atoms with Crippen LogP contribution < -0.4 is 21.3 Å². The molecule has 200 valence electrons. The Kier molecular flexibility index (Phi) is 23.3. The molecule has 1 saturated heterocycles. The number of hydrogen-bond acceptors (Lipinski definition) is 6. The first-order valence-corrected chi connectivity index (χ1v) is 12.6. The van der Waals surface area contributed by atoms with Gasteiger partial charge in [0.1, 0.15) is 11.6 Å². The summed E-state index contributed by atoms with van der Waals surface area (Å²) in [6.45, 7) is 20.9. The molecule has 0 radical (unpaired) electrons. The standard InChI is InChI=1S/C14H15N.C6H11NO2.C5H11N.C4H5N3/c1-3-7-13(8-4-1)11-15-12-14-9-5-2-6-10-14;1-5(8)3-7-4-6(2)9;1-2-4-6-5-3-1;1-5-3-7-4-6-2/h1-10,15H,11-12H2;7H,3-4H2,1-2H3;6H,1-5H2;7H,3-4H2. The molecule has 8 nitrogen and oxygen atoms in total. The number of hydrogen-bond donors (Lipinski definition) is 4. The molecular formula is C29H42N6O2. The van der Waals surface area contributed by atoms with E-state index in [9.17, 15) is 9.59 Å². The molecule has 1 heterocycles. The predicted molar refractivity (Wildman–Crippen MR) is 150 cm³/mol. The summed E-state index contributed by atoms with van der Waals surface area (Å²) in [5.74, 6) is 0.104. The van der Waals surface area contributed by atoms with Crippen molar-refractivity contribution < 1.29 is 9.59 Å². The van der Waals surface area contributed by atoms with Crippen molar-refractivity contribution >= 4 is 11.6 Å². The van der Waals surface area contributed by atoms with Crippen LogP contribution in [-0.2, 0) is 22.7 Å². The maximum Gasteiger partial charge on any atom is 0.273 e. The number of nitrogens with zero attached hydrogens (tertiary/aromatic N) is 2. The van der Waals surface area contributed by atoms with Gasteiger partial charge in [-0.1, -0.05) is 67.1 Å². The molecule has 0 spiro atoms. The Morgan fingerprint density at radius 1 is 0.703 bits per heavy atom. The fourth-order valence-electron chi connectivity index (χ4n) is 2.92. The summed E-state index contributed by atoms with van der Waals surface area (Å²) in [6.07, 6.45) is 4.22. The molecule has 0 amide bonds. The van der Waals surface area contributed by atoms with Crippen molar-refractivity contribution in [2.24, 2.45) is 0 Å². The molecule has 0 atom stereocenters. The molecule has 0 unspecified atom stereocenters. The molecule has 0 bridgehead atoms. The number of nitrogens with one attached hydrogen (secondary N) is 4. The van der Waals surface area contributed by atoms with E-state index in [0.717, 1.165) is 13.1 Å². The summed E-state index contributed by atoms with van der Waals surface area (Å²) < 4.78 is 0. The predicted octanol–water partition coefficient (Wildman–Crippen LogP) is 3.82. The number of carbonyl (C=O) groups excluding carboxylic acids is 2. The molecule has 0 saturated carbocycles. The van der Waals surface area contributed by atoms with Gasteiger partial charge in [0.2, 0.25) is 0 Å². The Labute approximate surface area is 222 Å². The zero-order valence-electron chi connectivity index (χ0n) is 22.3. The van der Waals surface area contributed by atoms with Crippen LogP contribution in [0, 0.1) is 13.1 Å². The summed E-state index contributed by atoms with van der Waals surface area (Å²) in [5.41, 5.74) is 2.65. The van der Waals surface area contributed by atoms with Gasteiger partial charge in [-0.3, -0.25) is 19.3 Å². The Morgan fingerprint density at radius 2 is 1.14 bits per heavy atom. The highest BCUT2D eigenvalue weighted by Gasteiger charge is 1.94. The Hall–Kier alpha value is -3.40. The lowest BCUT2D eigenvalue weighted by Gasteiger charge is -2.08. The molecule has 2 aromatic carbocycles. The van der Waals surface area contributed by atoms with E-state index in [1.807, 2.05) is 12.1 Å². The summed E-state index contributed by atoms with van der Waals surface area (Å²) in [6, 6.07) is 20.9. The second-order valence-corrected chi connectivity index (χ2v) is 8.28. The van der Waals surface area contributed by atoms with Crippen LogP contribution in [0.25, 0.3) is 9.69 Å². The maximum atomic E-state index is 10.3. The zero-order valence-corrected chi connectivity index (χ0v) is 22.3. The molecule has 1 aliphatic heterocycles. The monoisotopic (exact) mass is 506 g/mol. The number of rotatable bonds is 10. The normalized spacial score (nSPS) is 11.5. The fourth-order valence-corrected chi connectivity index (χ4v) is 2.92. The molecule has 8 heteroatoms. The molecule has 37 heavy (non-hydrogen) atoms. The van der Waals surface area contributed by atoms with Crippen LogP contribution in [0.15, 0.2) is 60.7 Å². The first kappa shape index (κ1) is 33.6. The van der Waals surface area contributed by atoms with Gasteiger partial charge in [-0.15, -0.1) is 0 Å². The quantitative estimate of drug-likeness (QED) is 0.289. The van der Waals surface area contributed by atoms with Crippen LogP contribution in [0.3, 0.4) is 0 Å². The van der Waals surface area contributed by atoms with Gasteiger partial charge in [0.05, 0.1) is 13.1 Å². The van der Waals surface area contributed by atoms with Crippen molar-refractivity contribution in [2.75, 3.05) is 39.5 Å². The third kappa shape index (κ3) is 25.5. The van der Waals surface area contributed by atoms with E-state index in [-0.39, 0.29) is 24.9 Å². The van der Waals surface area contributed by atoms with Gasteiger partial charge in [0, 0.05) is 13.1 Å².